The Balaban J connectivity index is 2.39. The van der Waals surface area contributed by atoms with Crippen LogP contribution in [0.15, 0.2) is 52.3 Å². The quantitative estimate of drug-likeness (QED) is 0.838. The van der Waals surface area contributed by atoms with E-state index < -0.39 is 17.7 Å². The molecule has 2 nitrogen and oxygen atoms in total. The van der Waals surface area contributed by atoms with Crippen LogP contribution in [0.25, 0.3) is 0 Å². The minimum Gasteiger partial charge on any atom is -0.478 e. The summed E-state index contributed by atoms with van der Waals surface area (Å²) in [6.45, 7) is 0. The van der Waals surface area contributed by atoms with E-state index in [0.29, 0.717) is 16.0 Å². The minimum absolute atomic E-state index is 0.234. The van der Waals surface area contributed by atoms with Gasteiger partial charge in [-0.1, -0.05) is 23.4 Å². The van der Waals surface area contributed by atoms with Crippen LogP contribution in [0.1, 0.15) is 15.9 Å². The molecule has 0 bridgehead atoms. The molecule has 0 aliphatic heterocycles. The Bertz CT molecular complexity index is 669. The lowest BCUT2D eigenvalue weighted by Gasteiger charge is -2.11. The van der Waals surface area contributed by atoms with Crippen molar-refractivity contribution in [3.8, 4) is 0 Å². The van der Waals surface area contributed by atoms with E-state index in [9.17, 15) is 18.0 Å². The molecular formula is C14H8ClF3O2S. The minimum atomic E-state index is -4.58. The zero-order valence-corrected chi connectivity index (χ0v) is 11.9. The van der Waals surface area contributed by atoms with Gasteiger partial charge in [-0.2, -0.15) is 13.2 Å². The summed E-state index contributed by atoms with van der Waals surface area (Å²) in [5, 5.41) is 9.59. The number of halogens is 4. The van der Waals surface area contributed by atoms with Gasteiger partial charge in [0.2, 0.25) is 0 Å². The molecule has 2 aromatic rings. The van der Waals surface area contributed by atoms with Gasteiger partial charge in [0.1, 0.15) is 0 Å². The maximum atomic E-state index is 12.6. The van der Waals surface area contributed by atoms with Crippen molar-refractivity contribution in [3.05, 3.63) is 58.6 Å². The van der Waals surface area contributed by atoms with E-state index in [2.05, 4.69) is 0 Å². The van der Waals surface area contributed by atoms with Gasteiger partial charge in [0.05, 0.1) is 11.1 Å². The molecule has 0 aromatic heterocycles. The lowest BCUT2D eigenvalue weighted by atomic mass is 10.1. The summed E-state index contributed by atoms with van der Waals surface area (Å²) < 4.78 is 37.9. The molecule has 0 radical (unpaired) electrons. The Morgan fingerprint density at radius 2 is 1.71 bits per heavy atom. The Morgan fingerprint density at radius 1 is 1.10 bits per heavy atom. The average Bonchev–Trinajstić information content (AvgIpc) is 2.40. The van der Waals surface area contributed by atoms with Gasteiger partial charge >= 0.3 is 12.1 Å². The van der Waals surface area contributed by atoms with Crippen molar-refractivity contribution < 1.29 is 23.1 Å². The first kappa shape index (κ1) is 15.7. The highest BCUT2D eigenvalue weighted by Crippen LogP contribution is 2.36. The predicted octanol–water partition coefficient (Wildman–Crippen LogP) is 5.21. The molecule has 0 heterocycles. The van der Waals surface area contributed by atoms with Crippen LogP contribution in [0.4, 0.5) is 13.2 Å². The van der Waals surface area contributed by atoms with E-state index in [1.165, 1.54) is 0 Å². The number of rotatable bonds is 3. The van der Waals surface area contributed by atoms with Gasteiger partial charge in [0, 0.05) is 14.8 Å². The summed E-state index contributed by atoms with van der Waals surface area (Å²) in [7, 11) is 0. The third-order valence-electron chi connectivity index (χ3n) is 2.58. The SMILES string of the molecule is O=C(O)c1cc(C(F)(F)F)ccc1Sc1ccc(Cl)cc1. The molecule has 0 spiro atoms. The second-order valence-electron chi connectivity index (χ2n) is 4.07. The van der Waals surface area contributed by atoms with Gasteiger partial charge in [-0.3, -0.25) is 0 Å². The summed E-state index contributed by atoms with van der Waals surface area (Å²) in [6.07, 6.45) is -4.58. The Kier molecular flexibility index (Phi) is 4.49. The molecular weight excluding hydrogens is 325 g/mol. The van der Waals surface area contributed by atoms with Crippen LogP contribution < -0.4 is 0 Å². The van der Waals surface area contributed by atoms with E-state index in [4.69, 9.17) is 16.7 Å². The monoisotopic (exact) mass is 332 g/mol. The third kappa shape index (κ3) is 3.92. The lowest BCUT2D eigenvalue weighted by molar-refractivity contribution is -0.137. The fourth-order valence-corrected chi connectivity index (χ4v) is 2.64. The molecule has 0 unspecified atom stereocenters. The van der Waals surface area contributed by atoms with Crippen molar-refractivity contribution in [2.75, 3.05) is 0 Å². The van der Waals surface area contributed by atoms with E-state index >= 15 is 0 Å². The number of hydrogen-bond donors (Lipinski definition) is 1. The molecule has 2 rings (SSSR count). The number of carboxylic acids is 1. The van der Waals surface area contributed by atoms with Crippen molar-refractivity contribution in [3.63, 3.8) is 0 Å². The highest BCUT2D eigenvalue weighted by atomic mass is 35.5. The van der Waals surface area contributed by atoms with Crippen LogP contribution >= 0.6 is 23.4 Å². The maximum absolute atomic E-state index is 12.6. The number of aromatic carboxylic acids is 1. The van der Waals surface area contributed by atoms with Crippen LogP contribution in [-0.4, -0.2) is 11.1 Å². The van der Waals surface area contributed by atoms with E-state index in [1.54, 1.807) is 24.3 Å². The number of carbonyl (C=O) groups is 1. The zero-order chi connectivity index (χ0) is 15.6. The molecule has 110 valence electrons. The Hall–Kier alpha value is -1.66. The summed E-state index contributed by atoms with van der Waals surface area (Å²) in [4.78, 5) is 12.1. The fourth-order valence-electron chi connectivity index (χ4n) is 1.59. The molecule has 21 heavy (non-hydrogen) atoms. The Labute approximate surface area is 127 Å². The number of hydrogen-bond acceptors (Lipinski definition) is 2. The number of benzene rings is 2. The molecule has 0 atom stereocenters. The van der Waals surface area contributed by atoms with Gasteiger partial charge < -0.3 is 5.11 Å². The van der Waals surface area contributed by atoms with Gasteiger partial charge in [-0.15, -0.1) is 0 Å². The van der Waals surface area contributed by atoms with Gasteiger partial charge in [0.15, 0.2) is 0 Å². The smallest absolute Gasteiger partial charge is 0.416 e. The van der Waals surface area contributed by atoms with Crippen molar-refractivity contribution in [1.82, 2.24) is 0 Å². The molecule has 1 N–H and O–H groups in total. The molecule has 0 fully saturated rings. The lowest BCUT2D eigenvalue weighted by Crippen LogP contribution is -2.08. The molecule has 7 heteroatoms. The summed E-state index contributed by atoms with van der Waals surface area (Å²) in [6, 6.07) is 9.23. The normalized spacial score (nSPS) is 11.4. The van der Waals surface area contributed by atoms with Gasteiger partial charge in [0.25, 0.3) is 0 Å². The first-order valence-corrected chi connectivity index (χ1v) is 6.85. The first-order chi connectivity index (χ1) is 9.77. The molecule has 0 amide bonds. The predicted molar refractivity (Wildman–Crippen MR) is 74.0 cm³/mol. The van der Waals surface area contributed by atoms with Crippen LogP contribution in [0, 0.1) is 0 Å². The van der Waals surface area contributed by atoms with Crippen LogP contribution in [0.5, 0.6) is 0 Å². The number of alkyl halides is 3. The van der Waals surface area contributed by atoms with E-state index in [1.807, 2.05) is 0 Å². The van der Waals surface area contributed by atoms with Crippen LogP contribution in [0.3, 0.4) is 0 Å². The van der Waals surface area contributed by atoms with Crippen molar-refractivity contribution in [1.29, 1.82) is 0 Å². The van der Waals surface area contributed by atoms with E-state index in [-0.39, 0.29) is 10.5 Å². The topological polar surface area (TPSA) is 37.3 Å². The highest BCUT2D eigenvalue weighted by Gasteiger charge is 2.31. The molecule has 2 aromatic carbocycles. The van der Waals surface area contributed by atoms with Crippen LogP contribution in [-0.2, 0) is 6.18 Å². The van der Waals surface area contributed by atoms with Crippen molar-refractivity contribution >= 4 is 29.3 Å². The number of carboxylic acid groups (broad SMARTS) is 1. The van der Waals surface area contributed by atoms with E-state index in [0.717, 1.165) is 23.9 Å². The second kappa shape index (κ2) is 5.99. The molecule has 0 aliphatic carbocycles. The molecule has 0 saturated carbocycles. The van der Waals surface area contributed by atoms with Crippen molar-refractivity contribution in [2.45, 2.75) is 16.0 Å². The zero-order valence-electron chi connectivity index (χ0n) is 10.3. The van der Waals surface area contributed by atoms with Gasteiger partial charge in [-0.05, 0) is 42.5 Å². The second-order valence-corrected chi connectivity index (χ2v) is 5.62. The fraction of sp³-hybridized carbons (Fsp3) is 0.0714. The molecule has 0 aliphatic rings. The largest absolute Gasteiger partial charge is 0.478 e. The van der Waals surface area contributed by atoms with Crippen LogP contribution in [0.2, 0.25) is 5.02 Å². The van der Waals surface area contributed by atoms with Gasteiger partial charge in [-0.25, -0.2) is 4.79 Å². The average molecular weight is 333 g/mol. The Morgan fingerprint density at radius 3 is 2.24 bits per heavy atom. The van der Waals surface area contributed by atoms with Crippen molar-refractivity contribution in [2.24, 2.45) is 0 Å². The third-order valence-corrected chi connectivity index (χ3v) is 3.91. The first-order valence-electron chi connectivity index (χ1n) is 5.65. The standard InChI is InChI=1S/C14H8ClF3O2S/c15-9-2-4-10(5-3-9)21-12-6-1-8(14(16,17)18)7-11(12)13(19)20/h1-7H,(H,19,20). The summed E-state index contributed by atoms with van der Waals surface area (Å²) in [5.74, 6) is -1.41. The highest BCUT2D eigenvalue weighted by molar-refractivity contribution is 7.99. The molecule has 0 saturated heterocycles. The maximum Gasteiger partial charge on any atom is 0.416 e. The summed E-state index contributed by atoms with van der Waals surface area (Å²) >= 11 is 6.80. The summed E-state index contributed by atoms with van der Waals surface area (Å²) in [5.41, 5.74) is -1.37.